The molecule has 160 valence electrons. The van der Waals surface area contributed by atoms with Crippen molar-refractivity contribution in [2.45, 2.75) is 77.0 Å². The summed E-state index contributed by atoms with van der Waals surface area (Å²) in [6.07, 6.45) is 8.20. The zero-order chi connectivity index (χ0) is 21.1. The Balaban J connectivity index is 1.69. The van der Waals surface area contributed by atoms with Gasteiger partial charge in [0.2, 0.25) is 0 Å². The molecule has 0 spiro atoms. The number of rotatable bonds is 7. The molecule has 0 N–H and O–H groups in total. The second-order valence-electron chi connectivity index (χ2n) is 9.85. The second-order valence-corrected chi connectivity index (χ2v) is 14.7. The minimum atomic E-state index is -1.65. The molecule has 29 heavy (non-hydrogen) atoms. The van der Waals surface area contributed by atoms with Gasteiger partial charge >= 0.3 is 0 Å². The zero-order valence-corrected chi connectivity index (χ0v) is 20.1. The number of nitrogens with zero attached hydrogens (tertiary/aromatic N) is 2. The van der Waals surface area contributed by atoms with Crippen LogP contribution in [0.3, 0.4) is 0 Å². The molecule has 0 unspecified atom stereocenters. The van der Waals surface area contributed by atoms with E-state index in [-0.39, 0.29) is 5.04 Å². The molecule has 1 aromatic carbocycles. The number of amidine groups is 1. The number of fused-ring (bicyclic) bond motifs is 1. The van der Waals surface area contributed by atoms with E-state index in [9.17, 15) is 0 Å². The molecule has 0 amide bonds. The standard InChI is InChI=1S/C24H38N2O2Si/c1-24(2,3)29(5,6)28-16-10-11-19-17-20-12-9-15-26(20)23(18-19)25-21-13-7-8-14-22(21)27-4/h7-8,13-14,18,20H,9-12,15-17H2,1-6H3/t20-/m0/s1. The lowest BCUT2D eigenvalue weighted by atomic mass is 9.96. The maximum Gasteiger partial charge on any atom is 0.191 e. The highest BCUT2D eigenvalue weighted by Gasteiger charge is 2.37. The predicted molar refractivity (Wildman–Crippen MR) is 125 cm³/mol. The molecule has 3 rings (SSSR count). The fourth-order valence-corrected chi connectivity index (χ4v) is 5.02. The molecular formula is C24H38N2O2Si. The molecule has 1 atom stereocenters. The van der Waals surface area contributed by atoms with Crippen LogP contribution in [0.25, 0.3) is 0 Å². The SMILES string of the molecule is COc1ccccc1N=C1C=C(CCCO[Si](C)(C)C(C)(C)C)C[C@@H]2CCCN12. The minimum absolute atomic E-state index is 0.274. The highest BCUT2D eigenvalue weighted by atomic mass is 28.4. The van der Waals surface area contributed by atoms with Gasteiger partial charge in [-0.1, -0.05) is 38.5 Å². The van der Waals surface area contributed by atoms with Crippen molar-refractivity contribution >= 4 is 19.8 Å². The van der Waals surface area contributed by atoms with Crippen molar-refractivity contribution in [2.75, 3.05) is 20.3 Å². The number of para-hydroxylation sites is 2. The Kier molecular flexibility index (Phi) is 6.89. The quantitative estimate of drug-likeness (QED) is 0.386. The smallest absolute Gasteiger partial charge is 0.191 e. The molecule has 4 nitrogen and oxygen atoms in total. The van der Waals surface area contributed by atoms with Gasteiger partial charge in [-0.05, 0) is 68.4 Å². The second kappa shape index (κ2) is 9.05. The van der Waals surface area contributed by atoms with Crippen molar-refractivity contribution in [1.29, 1.82) is 0 Å². The summed E-state index contributed by atoms with van der Waals surface area (Å²) in [6.45, 7) is 13.6. The summed E-state index contributed by atoms with van der Waals surface area (Å²) in [7, 11) is 0.0571. The molecule has 2 aliphatic rings. The minimum Gasteiger partial charge on any atom is -0.494 e. The zero-order valence-electron chi connectivity index (χ0n) is 19.1. The number of hydrogen-bond acceptors (Lipinski definition) is 3. The third kappa shape index (κ3) is 5.31. The summed E-state index contributed by atoms with van der Waals surface area (Å²) in [6, 6.07) is 8.63. The molecule has 1 fully saturated rings. The fourth-order valence-electron chi connectivity index (χ4n) is 3.94. The molecule has 0 aromatic heterocycles. The molecule has 2 heterocycles. The summed E-state index contributed by atoms with van der Waals surface area (Å²) in [5.74, 6) is 1.93. The molecule has 1 aromatic rings. The van der Waals surface area contributed by atoms with Gasteiger partial charge in [-0.25, -0.2) is 4.99 Å². The number of methoxy groups -OCH3 is 1. The first-order valence-electron chi connectivity index (χ1n) is 11.0. The van der Waals surface area contributed by atoms with Crippen LogP contribution in [0.2, 0.25) is 18.1 Å². The van der Waals surface area contributed by atoms with Gasteiger partial charge in [0.1, 0.15) is 17.3 Å². The van der Waals surface area contributed by atoms with Crippen LogP contribution in [0.5, 0.6) is 5.75 Å². The lowest BCUT2D eigenvalue weighted by molar-refractivity contribution is 0.280. The summed E-state index contributed by atoms with van der Waals surface area (Å²) in [5, 5.41) is 0.274. The van der Waals surface area contributed by atoms with E-state index in [0.29, 0.717) is 6.04 Å². The molecule has 0 saturated carbocycles. The Morgan fingerprint density at radius 2 is 1.97 bits per heavy atom. The summed E-state index contributed by atoms with van der Waals surface area (Å²) in [4.78, 5) is 7.49. The van der Waals surface area contributed by atoms with Gasteiger partial charge in [0.15, 0.2) is 8.32 Å². The Hall–Kier alpha value is -1.59. The predicted octanol–water partition coefficient (Wildman–Crippen LogP) is 6.32. The molecule has 0 bridgehead atoms. The van der Waals surface area contributed by atoms with E-state index in [2.05, 4.69) is 44.8 Å². The summed E-state index contributed by atoms with van der Waals surface area (Å²) in [5.41, 5.74) is 2.43. The van der Waals surface area contributed by atoms with Crippen LogP contribution in [0.4, 0.5) is 5.69 Å². The van der Waals surface area contributed by atoms with Crippen molar-refractivity contribution in [3.63, 3.8) is 0 Å². The highest BCUT2D eigenvalue weighted by Crippen LogP contribution is 2.37. The maximum absolute atomic E-state index is 6.38. The van der Waals surface area contributed by atoms with Crippen molar-refractivity contribution in [3.8, 4) is 5.75 Å². The molecule has 2 aliphatic heterocycles. The normalized spacial score (nSPS) is 21.3. The first-order chi connectivity index (χ1) is 13.7. The Morgan fingerprint density at radius 3 is 2.69 bits per heavy atom. The highest BCUT2D eigenvalue weighted by molar-refractivity contribution is 6.74. The van der Waals surface area contributed by atoms with Crippen LogP contribution in [0.1, 0.15) is 52.9 Å². The molecular weight excluding hydrogens is 376 g/mol. The summed E-state index contributed by atoms with van der Waals surface area (Å²) >= 11 is 0. The molecule has 5 heteroatoms. The largest absolute Gasteiger partial charge is 0.494 e. The van der Waals surface area contributed by atoms with Gasteiger partial charge in [0, 0.05) is 19.2 Å². The van der Waals surface area contributed by atoms with Crippen LogP contribution in [0, 0.1) is 0 Å². The maximum atomic E-state index is 6.38. The first-order valence-corrected chi connectivity index (χ1v) is 13.9. The number of ether oxygens (including phenoxy) is 1. The van der Waals surface area contributed by atoms with Gasteiger partial charge in [0.05, 0.1) is 7.11 Å². The van der Waals surface area contributed by atoms with Crippen molar-refractivity contribution in [2.24, 2.45) is 4.99 Å². The van der Waals surface area contributed by atoms with E-state index < -0.39 is 8.32 Å². The van der Waals surface area contributed by atoms with Crippen molar-refractivity contribution in [3.05, 3.63) is 35.9 Å². The van der Waals surface area contributed by atoms with E-state index in [0.717, 1.165) is 43.3 Å². The molecule has 1 saturated heterocycles. The summed E-state index contributed by atoms with van der Waals surface area (Å²) < 4.78 is 11.9. The third-order valence-electron chi connectivity index (χ3n) is 6.73. The topological polar surface area (TPSA) is 34.1 Å². The Labute approximate surface area is 178 Å². The van der Waals surface area contributed by atoms with Crippen molar-refractivity contribution in [1.82, 2.24) is 4.90 Å². The number of aliphatic imine (C=N–C) groups is 1. The van der Waals surface area contributed by atoms with E-state index in [1.165, 1.54) is 24.8 Å². The van der Waals surface area contributed by atoms with E-state index in [1.54, 1.807) is 7.11 Å². The monoisotopic (exact) mass is 414 g/mol. The van der Waals surface area contributed by atoms with Crippen LogP contribution in [-0.4, -0.2) is 45.4 Å². The van der Waals surface area contributed by atoms with E-state index in [4.69, 9.17) is 14.2 Å². The van der Waals surface area contributed by atoms with E-state index >= 15 is 0 Å². The number of hydrogen-bond donors (Lipinski definition) is 0. The van der Waals surface area contributed by atoms with Crippen LogP contribution < -0.4 is 4.74 Å². The first kappa shape index (κ1) is 22.1. The van der Waals surface area contributed by atoms with Gasteiger partial charge in [-0.3, -0.25) is 0 Å². The average molecular weight is 415 g/mol. The lowest BCUT2D eigenvalue weighted by Gasteiger charge is -2.36. The van der Waals surface area contributed by atoms with Crippen LogP contribution >= 0.6 is 0 Å². The molecule has 0 radical (unpaired) electrons. The Morgan fingerprint density at radius 1 is 1.21 bits per heavy atom. The lowest BCUT2D eigenvalue weighted by Crippen LogP contribution is -2.41. The fraction of sp³-hybridized carbons (Fsp3) is 0.625. The van der Waals surface area contributed by atoms with Gasteiger partial charge in [-0.15, -0.1) is 0 Å². The average Bonchev–Trinajstić information content (AvgIpc) is 3.14. The van der Waals surface area contributed by atoms with Gasteiger partial charge in [-0.2, -0.15) is 0 Å². The van der Waals surface area contributed by atoms with Gasteiger partial charge < -0.3 is 14.1 Å². The molecule has 0 aliphatic carbocycles. The van der Waals surface area contributed by atoms with Crippen molar-refractivity contribution < 1.29 is 9.16 Å². The van der Waals surface area contributed by atoms with Gasteiger partial charge in [0.25, 0.3) is 0 Å². The van der Waals surface area contributed by atoms with E-state index in [1.807, 2.05) is 24.3 Å². The Bertz CT molecular complexity index is 764. The van der Waals surface area contributed by atoms with Crippen LogP contribution in [-0.2, 0) is 4.43 Å². The van der Waals surface area contributed by atoms with Crippen LogP contribution in [0.15, 0.2) is 40.9 Å². The number of benzene rings is 1. The third-order valence-corrected chi connectivity index (χ3v) is 11.3.